The molecule has 1 aromatic rings. The van der Waals surface area contributed by atoms with Crippen LogP contribution in [0.1, 0.15) is 31.2 Å². The standard InChI is InChI=1S/C16H20F2N2O.ClH/c17-13-2-1-12(15(18)8-13)10-20(14-3-4-14)16(21)7-11-5-6-19-9-11;/h1-2,8,11,14,19H,3-7,9-10H2;1H. The van der Waals surface area contributed by atoms with E-state index in [9.17, 15) is 13.6 Å². The zero-order chi connectivity index (χ0) is 14.8. The van der Waals surface area contributed by atoms with Crippen LogP contribution < -0.4 is 5.32 Å². The Morgan fingerprint density at radius 3 is 2.64 bits per heavy atom. The van der Waals surface area contributed by atoms with Gasteiger partial charge in [-0.3, -0.25) is 4.79 Å². The second-order valence-electron chi connectivity index (χ2n) is 6.05. The van der Waals surface area contributed by atoms with E-state index < -0.39 is 11.6 Å². The van der Waals surface area contributed by atoms with Gasteiger partial charge in [-0.1, -0.05) is 6.07 Å². The van der Waals surface area contributed by atoms with Crippen molar-refractivity contribution in [2.45, 2.75) is 38.3 Å². The molecule has 0 spiro atoms. The smallest absolute Gasteiger partial charge is 0.223 e. The molecule has 1 heterocycles. The number of carbonyl (C=O) groups is 1. The number of halogens is 3. The van der Waals surface area contributed by atoms with Gasteiger partial charge in [0.25, 0.3) is 0 Å². The number of hydrogen-bond donors (Lipinski definition) is 1. The van der Waals surface area contributed by atoms with Gasteiger partial charge in [-0.2, -0.15) is 0 Å². The second-order valence-corrected chi connectivity index (χ2v) is 6.05. The van der Waals surface area contributed by atoms with Crippen LogP contribution in [0.15, 0.2) is 18.2 Å². The van der Waals surface area contributed by atoms with Crippen molar-refractivity contribution in [1.82, 2.24) is 10.2 Å². The highest BCUT2D eigenvalue weighted by Gasteiger charge is 2.34. The fraction of sp³-hybridized carbons (Fsp3) is 0.562. The molecule has 1 saturated carbocycles. The largest absolute Gasteiger partial charge is 0.335 e. The van der Waals surface area contributed by atoms with Crippen molar-refractivity contribution in [1.29, 1.82) is 0 Å². The predicted octanol–water partition coefficient (Wildman–Crippen LogP) is 2.88. The van der Waals surface area contributed by atoms with Gasteiger partial charge in [0.1, 0.15) is 11.6 Å². The topological polar surface area (TPSA) is 32.3 Å². The molecule has 0 aromatic heterocycles. The molecule has 0 bridgehead atoms. The van der Waals surface area contributed by atoms with E-state index >= 15 is 0 Å². The molecule has 2 aliphatic rings. The lowest BCUT2D eigenvalue weighted by Gasteiger charge is -2.24. The highest BCUT2D eigenvalue weighted by molar-refractivity contribution is 5.85. The van der Waals surface area contributed by atoms with Crippen molar-refractivity contribution < 1.29 is 13.6 Å². The molecule has 1 N–H and O–H groups in total. The summed E-state index contributed by atoms with van der Waals surface area (Å²) < 4.78 is 26.7. The van der Waals surface area contributed by atoms with Crippen LogP contribution in [0.5, 0.6) is 0 Å². The molecule has 0 radical (unpaired) electrons. The van der Waals surface area contributed by atoms with Gasteiger partial charge in [0.15, 0.2) is 0 Å². The zero-order valence-corrected chi connectivity index (χ0v) is 13.2. The van der Waals surface area contributed by atoms with Crippen molar-refractivity contribution in [3.8, 4) is 0 Å². The molecule has 6 heteroatoms. The summed E-state index contributed by atoms with van der Waals surface area (Å²) in [6, 6.07) is 3.79. The van der Waals surface area contributed by atoms with E-state index in [4.69, 9.17) is 0 Å². The third-order valence-electron chi connectivity index (χ3n) is 4.29. The molecule has 1 aliphatic heterocycles. The van der Waals surface area contributed by atoms with Gasteiger partial charge in [-0.25, -0.2) is 8.78 Å². The van der Waals surface area contributed by atoms with Gasteiger partial charge < -0.3 is 10.2 Å². The molecule has 1 unspecified atom stereocenters. The molecule has 1 aliphatic carbocycles. The van der Waals surface area contributed by atoms with E-state index in [1.54, 1.807) is 4.90 Å². The van der Waals surface area contributed by atoms with Crippen molar-refractivity contribution in [3.63, 3.8) is 0 Å². The van der Waals surface area contributed by atoms with Crippen LogP contribution in [-0.2, 0) is 11.3 Å². The van der Waals surface area contributed by atoms with Gasteiger partial charge in [-0.15, -0.1) is 12.4 Å². The van der Waals surface area contributed by atoms with Crippen molar-refractivity contribution in [2.75, 3.05) is 13.1 Å². The molecule has 1 amide bonds. The fourth-order valence-electron chi connectivity index (χ4n) is 2.89. The summed E-state index contributed by atoms with van der Waals surface area (Å²) in [5.41, 5.74) is 0.390. The van der Waals surface area contributed by atoms with Crippen LogP contribution in [0.25, 0.3) is 0 Å². The third kappa shape index (κ3) is 4.17. The van der Waals surface area contributed by atoms with Crippen LogP contribution in [0.3, 0.4) is 0 Å². The normalized spacial score (nSPS) is 20.5. The molecular formula is C16H21ClF2N2O. The van der Waals surface area contributed by atoms with Gasteiger partial charge in [0, 0.05) is 30.6 Å². The Kier molecular flexibility index (Phi) is 5.75. The summed E-state index contributed by atoms with van der Waals surface area (Å²) in [5, 5.41) is 3.25. The summed E-state index contributed by atoms with van der Waals surface area (Å²) in [7, 11) is 0. The zero-order valence-electron chi connectivity index (χ0n) is 12.4. The van der Waals surface area contributed by atoms with Gasteiger partial charge in [-0.05, 0) is 44.3 Å². The van der Waals surface area contributed by atoms with Crippen molar-refractivity contribution in [2.24, 2.45) is 5.92 Å². The van der Waals surface area contributed by atoms with Gasteiger partial charge >= 0.3 is 0 Å². The fourth-order valence-corrected chi connectivity index (χ4v) is 2.89. The first-order valence-corrected chi connectivity index (χ1v) is 7.57. The summed E-state index contributed by atoms with van der Waals surface area (Å²) >= 11 is 0. The summed E-state index contributed by atoms with van der Waals surface area (Å²) in [6.45, 7) is 2.10. The van der Waals surface area contributed by atoms with Crippen molar-refractivity contribution >= 4 is 18.3 Å². The summed E-state index contributed by atoms with van der Waals surface area (Å²) in [6.07, 6.45) is 3.51. The number of rotatable bonds is 5. The average Bonchev–Trinajstić information content (AvgIpc) is 3.15. The van der Waals surface area contributed by atoms with Crippen LogP contribution >= 0.6 is 12.4 Å². The first-order chi connectivity index (χ1) is 10.1. The Bertz CT molecular complexity index is 531. The van der Waals surface area contributed by atoms with E-state index in [1.807, 2.05) is 0 Å². The number of carbonyl (C=O) groups excluding carboxylic acids is 1. The second kappa shape index (κ2) is 7.38. The number of nitrogens with one attached hydrogen (secondary N) is 1. The quantitative estimate of drug-likeness (QED) is 0.900. The summed E-state index contributed by atoms with van der Waals surface area (Å²) in [5.74, 6) is -0.680. The van der Waals surface area contributed by atoms with Crippen LogP contribution in [0, 0.1) is 17.6 Å². The minimum absolute atomic E-state index is 0. The molecule has 3 nitrogen and oxygen atoms in total. The molecule has 122 valence electrons. The highest BCUT2D eigenvalue weighted by atomic mass is 35.5. The molecule has 1 saturated heterocycles. The lowest BCUT2D eigenvalue weighted by Crippen LogP contribution is -2.34. The Labute approximate surface area is 135 Å². The Morgan fingerprint density at radius 1 is 1.27 bits per heavy atom. The maximum Gasteiger partial charge on any atom is 0.223 e. The van der Waals surface area contributed by atoms with Crippen LogP contribution in [-0.4, -0.2) is 29.9 Å². The van der Waals surface area contributed by atoms with E-state index in [1.165, 1.54) is 12.1 Å². The number of amides is 1. The number of hydrogen-bond acceptors (Lipinski definition) is 2. The van der Waals surface area contributed by atoms with Crippen LogP contribution in [0.2, 0.25) is 0 Å². The first-order valence-electron chi connectivity index (χ1n) is 7.57. The maximum absolute atomic E-state index is 13.8. The first kappa shape index (κ1) is 17.2. The highest BCUT2D eigenvalue weighted by Crippen LogP contribution is 2.30. The number of nitrogens with zero attached hydrogens (tertiary/aromatic N) is 1. The Balaban J connectivity index is 0.00000176. The minimum atomic E-state index is -0.586. The van der Waals surface area contributed by atoms with E-state index in [0.717, 1.165) is 38.4 Å². The van der Waals surface area contributed by atoms with Gasteiger partial charge in [0.05, 0.1) is 0 Å². The Hall–Kier alpha value is -1.20. The monoisotopic (exact) mass is 330 g/mol. The van der Waals surface area contributed by atoms with E-state index in [-0.39, 0.29) is 30.9 Å². The minimum Gasteiger partial charge on any atom is -0.335 e. The molecule has 3 rings (SSSR count). The van der Waals surface area contributed by atoms with E-state index in [2.05, 4.69) is 5.32 Å². The lowest BCUT2D eigenvalue weighted by molar-refractivity contribution is -0.133. The van der Waals surface area contributed by atoms with Crippen molar-refractivity contribution in [3.05, 3.63) is 35.4 Å². The molecule has 1 aromatic carbocycles. The molecule has 1 atom stereocenters. The van der Waals surface area contributed by atoms with E-state index in [0.29, 0.717) is 17.9 Å². The van der Waals surface area contributed by atoms with Crippen LogP contribution in [0.4, 0.5) is 8.78 Å². The molecular weight excluding hydrogens is 310 g/mol. The predicted molar refractivity (Wildman–Crippen MR) is 82.8 cm³/mol. The average molecular weight is 331 g/mol. The SMILES string of the molecule is Cl.O=C(CC1CCNC1)N(Cc1ccc(F)cc1F)C1CC1. The van der Waals surface area contributed by atoms with Gasteiger partial charge in [0.2, 0.25) is 5.91 Å². The maximum atomic E-state index is 13.8. The molecule has 22 heavy (non-hydrogen) atoms. The lowest BCUT2D eigenvalue weighted by atomic mass is 10.0. The number of benzene rings is 1. The summed E-state index contributed by atoms with van der Waals surface area (Å²) in [4.78, 5) is 14.2. The molecule has 2 fully saturated rings. The third-order valence-corrected chi connectivity index (χ3v) is 4.29. The Morgan fingerprint density at radius 2 is 2.05 bits per heavy atom.